The number of amides is 1. The van der Waals surface area contributed by atoms with Crippen LogP contribution in [0.25, 0.3) is 0 Å². The number of aryl methyl sites for hydroxylation is 1. The van der Waals surface area contributed by atoms with Crippen molar-refractivity contribution in [2.24, 2.45) is 0 Å². The molecule has 1 amide bonds. The van der Waals surface area contributed by atoms with Gasteiger partial charge in [-0.25, -0.2) is 0 Å². The van der Waals surface area contributed by atoms with Gasteiger partial charge in [0.2, 0.25) is 0 Å². The van der Waals surface area contributed by atoms with Crippen molar-refractivity contribution in [2.45, 2.75) is 39.1 Å². The number of carbonyl (C=O) groups excluding carboxylic acids is 1. The number of aliphatic hydroxyl groups is 1. The first-order valence-electron chi connectivity index (χ1n) is 6.08. The van der Waals surface area contributed by atoms with Crippen molar-refractivity contribution in [2.75, 3.05) is 13.6 Å². The van der Waals surface area contributed by atoms with Crippen molar-refractivity contribution in [3.05, 3.63) is 17.5 Å². The normalized spacial score (nSPS) is 12.6. The Balaban J connectivity index is 3.14. The second kappa shape index (κ2) is 5.43. The van der Waals surface area contributed by atoms with E-state index >= 15 is 0 Å². The molecule has 1 N–H and O–H groups in total. The monoisotopic (exact) mass is 293 g/mol. The largest absolute Gasteiger partial charge is 0.433 e. The fourth-order valence-corrected chi connectivity index (χ4v) is 1.94. The van der Waals surface area contributed by atoms with Crippen molar-refractivity contribution in [1.29, 1.82) is 0 Å². The highest BCUT2D eigenvalue weighted by Crippen LogP contribution is 2.32. The van der Waals surface area contributed by atoms with Gasteiger partial charge in [0.25, 0.3) is 5.91 Å². The van der Waals surface area contributed by atoms with E-state index in [4.69, 9.17) is 0 Å². The molecule has 0 aliphatic heterocycles. The zero-order valence-corrected chi connectivity index (χ0v) is 11.8. The van der Waals surface area contributed by atoms with Crippen LogP contribution >= 0.6 is 0 Å². The van der Waals surface area contributed by atoms with E-state index in [1.807, 2.05) is 0 Å². The second-order valence-electron chi connectivity index (χ2n) is 5.19. The first-order chi connectivity index (χ1) is 8.97. The summed E-state index contributed by atoms with van der Waals surface area (Å²) >= 11 is 0. The molecular formula is C12H18F3N3O2. The first-order valence-corrected chi connectivity index (χ1v) is 6.08. The van der Waals surface area contributed by atoms with Gasteiger partial charge in [-0.15, -0.1) is 0 Å². The Morgan fingerprint density at radius 3 is 2.40 bits per heavy atom. The highest BCUT2D eigenvalue weighted by molar-refractivity contribution is 5.95. The number of aromatic nitrogens is 2. The smallest absolute Gasteiger partial charge is 0.389 e. The molecule has 114 valence electrons. The number of likely N-dealkylation sites (N-methyl/N-ethyl adjacent to an activating group) is 1. The zero-order valence-electron chi connectivity index (χ0n) is 11.8. The Bertz CT molecular complexity index is 489. The number of carbonyl (C=O) groups is 1. The van der Waals surface area contributed by atoms with Gasteiger partial charge in [0.05, 0.1) is 17.4 Å². The summed E-state index contributed by atoms with van der Waals surface area (Å²) in [5.41, 5.74) is -2.76. The van der Waals surface area contributed by atoms with Gasteiger partial charge in [-0.1, -0.05) is 0 Å². The van der Waals surface area contributed by atoms with Gasteiger partial charge in [-0.3, -0.25) is 9.48 Å². The number of halogens is 3. The van der Waals surface area contributed by atoms with Crippen LogP contribution in [0.4, 0.5) is 13.2 Å². The molecule has 0 aliphatic rings. The van der Waals surface area contributed by atoms with Gasteiger partial charge in [0.15, 0.2) is 5.69 Å². The van der Waals surface area contributed by atoms with E-state index in [0.717, 1.165) is 15.8 Å². The summed E-state index contributed by atoms with van der Waals surface area (Å²) in [6.07, 6.45) is -3.75. The molecule has 0 saturated carbocycles. The Hall–Kier alpha value is -1.57. The van der Waals surface area contributed by atoms with Crippen LogP contribution in [-0.2, 0) is 12.7 Å². The quantitative estimate of drug-likeness (QED) is 0.920. The van der Waals surface area contributed by atoms with Crippen LogP contribution in [0, 0.1) is 0 Å². The zero-order chi connectivity index (χ0) is 15.7. The summed E-state index contributed by atoms with van der Waals surface area (Å²) in [5.74, 6) is -0.820. The van der Waals surface area contributed by atoms with E-state index in [1.54, 1.807) is 0 Å². The third-order valence-electron chi connectivity index (χ3n) is 2.61. The molecule has 20 heavy (non-hydrogen) atoms. The summed E-state index contributed by atoms with van der Waals surface area (Å²) in [6.45, 7) is 4.38. The first kappa shape index (κ1) is 16.5. The maximum absolute atomic E-state index is 13.0. The topological polar surface area (TPSA) is 58.4 Å². The summed E-state index contributed by atoms with van der Waals surface area (Å²) in [6, 6.07) is 0. The maximum atomic E-state index is 13.0. The summed E-state index contributed by atoms with van der Waals surface area (Å²) in [4.78, 5) is 13.1. The molecular weight excluding hydrogens is 275 g/mol. The Morgan fingerprint density at radius 1 is 1.45 bits per heavy atom. The predicted octanol–water partition coefficient (Wildman–Crippen LogP) is 1.76. The molecule has 1 rings (SSSR count). The summed E-state index contributed by atoms with van der Waals surface area (Å²) < 4.78 is 39.8. The van der Waals surface area contributed by atoms with E-state index in [9.17, 15) is 23.1 Å². The molecule has 0 bridgehead atoms. The van der Waals surface area contributed by atoms with Crippen molar-refractivity contribution in [1.82, 2.24) is 14.7 Å². The molecule has 0 fully saturated rings. The average Bonchev–Trinajstić information content (AvgIpc) is 2.68. The van der Waals surface area contributed by atoms with Crippen molar-refractivity contribution in [3.8, 4) is 0 Å². The van der Waals surface area contributed by atoms with Crippen LogP contribution in [0.15, 0.2) is 6.20 Å². The lowest BCUT2D eigenvalue weighted by Crippen LogP contribution is -2.40. The molecule has 8 heteroatoms. The minimum absolute atomic E-state index is 0.0112. The lowest BCUT2D eigenvalue weighted by atomic mass is 10.1. The number of alkyl halides is 3. The minimum atomic E-state index is -4.66. The van der Waals surface area contributed by atoms with Crippen molar-refractivity contribution < 1.29 is 23.1 Å². The van der Waals surface area contributed by atoms with Gasteiger partial charge in [0.1, 0.15) is 0 Å². The van der Waals surface area contributed by atoms with Crippen molar-refractivity contribution in [3.63, 3.8) is 0 Å². The van der Waals surface area contributed by atoms with Gasteiger partial charge in [0, 0.05) is 20.1 Å². The average molecular weight is 293 g/mol. The lowest BCUT2D eigenvalue weighted by Gasteiger charge is -2.25. The SMILES string of the molecule is CCn1ncc(C(=O)N(C)CC(C)(C)O)c1C(F)(F)F. The standard InChI is InChI=1S/C12H18F3N3O2/c1-5-18-9(12(13,14)15)8(6-16-18)10(19)17(4)7-11(2,3)20/h6,20H,5,7H2,1-4H3. The Morgan fingerprint density at radius 2 is 2.00 bits per heavy atom. The summed E-state index contributed by atoms with van der Waals surface area (Å²) in [7, 11) is 1.34. The number of nitrogens with zero attached hydrogens (tertiary/aromatic N) is 3. The molecule has 0 unspecified atom stereocenters. The van der Waals surface area contributed by atoms with Crippen LogP contribution in [0.2, 0.25) is 0 Å². The third-order valence-corrected chi connectivity index (χ3v) is 2.61. The van der Waals surface area contributed by atoms with Gasteiger partial charge in [-0.2, -0.15) is 18.3 Å². The van der Waals surface area contributed by atoms with E-state index in [0.29, 0.717) is 0 Å². The Kier molecular flexibility index (Phi) is 4.48. The third kappa shape index (κ3) is 3.72. The highest BCUT2D eigenvalue weighted by Gasteiger charge is 2.40. The van der Waals surface area contributed by atoms with Crippen LogP contribution in [0.3, 0.4) is 0 Å². The fourth-order valence-electron chi connectivity index (χ4n) is 1.94. The van der Waals surface area contributed by atoms with E-state index < -0.39 is 28.9 Å². The van der Waals surface area contributed by atoms with E-state index in [-0.39, 0.29) is 13.1 Å². The molecule has 1 heterocycles. The lowest BCUT2D eigenvalue weighted by molar-refractivity contribution is -0.144. The van der Waals surface area contributed by atoms with Crippen LogP contribution < -0.4 is 0 Å². The molecule has 0 radical (unpaired) electrons. The van der Waals surface area contributed by atoms with E-state index in [2.05, 4.69) is 5.10 Å². The van der Waals surface area contributed by atoms with Crippen molar-refractivity contribution >= 4 is 5.91 Å². The molecule has 0 aromatic carbocycles. The molecule has 1 aromatic rings. The van der Waals surface area contributed by atoms with Gasteiger partial charge >= 0.3 is 6.18 Å². The highest BCUT2D eigenvalue weighted by atomic mass is 19.4. The molecule has 0 spiro atoms. The van der Waals surface area contributed by atoms with Crippen LogP contribution in [0.1, 0.15) is 36.8 Å². The fraction of sp³-hybridized carbons (Fsp3) is 0.667. The Labute approximate surface area is 115 Å². The molecule has 1 aromatic heterocycles. The van der Waals surface area contributed by atoms with Crippen LogP contribution in [-0.4, -0.2) is 44.9 Å². The van der Waals surface area contributed by atoms with Crippen LogP contribution in [0.5, 0.6) is 0 Å². The van der Waals surface area contributed by atoms with Gasteiger partial charge in [-0.05, 0) is 20.8 Å². The second-order valence-corrected chi connectivity index (χ2v) is 5.19. The number of hydrogen-bond acceptors (Lipinski definition) is 3. The number of hydrogen-bond donors (Lipinski definition) is 1. The number of rotatable bonds is 4. The maximum Gasteiger partial charge on any atom is 0.433 e. The van der Waals surface area contributed by atoms with Gasteiger partial charge < -0.3 is 10.0 Å². The summed E-state index contributed by atoms with van der Waals surface area (Å²) in [5, 5.41) is 13.2. The molecule has 0 aliphatic carbocycles. The molecule has 5 nitrogen and oxygen atoms in total. The van der Waals surface area contributed by atoms with E-state index in [1.165, 1.54) is 27.8 Å². The minimum Gasteiger partial charge on any atom is -0.389 e. The predicted molar refractivity (Wildman–Crippen MR) is 66.2 cm³/mol. The molecule has 0 saturated heterocycles. The molecule has 0 atom stereocenters.